The first kappa shape index (κ1) is 9.42. The molecule has 0 spiro atoms. The van der Waals surface area contributed by atoms with E-state index in [1.807, 2.05) is 0 Å². The molecule has 0 unspecified atom stereocenters. The van der Waals surface area contributed by atoms with Gasteiger partial charge in [-0.05, 0) is 6.08 Å². The Morgan fingerprint density at radius 3 is 2.45 bits per heavy atom. The highest BCUT2D eigenvalue weighted by Gasteiger charge is 2.01. The van der Waals surface area contributed by atoms with Gasteiger partial charge in [-0.3, -0.25) is 4.79 Å². The highest BCUT2D eigenvalue weighted by molar-refractivity contribution is 5.94. The lowest BCUT2D eigenvalue weighted by Gasteiger charge is -1.94. The molecule has 0 aromatic heterocycles. The van der Waals surface area contributed by atoms with Gasteiger partial charge in [0.15, 0.2) is 0 Å². The van der Waals surface area contributed by atoms with Crippen LogP contribution in [0.3, 0.4) is 0 Å². The Bertz CT molecular complexity index is 223. The molecule has 11 heavy (non-hydrogen) atoms. The van der Waals surface area contributed by atoms with Crippen molar-refractivity contribution in [3.63, 3.8) is 0 Å². The molecular weight excluding hydrogens is 146 g/mol. The first-order valence-corrected chi connectivity index (χ1v) is 2.82. The van der Waals surface area contributed by atoms with Gasteiger partial charge in [-0.1, -0.05) is 6.58 Å². The minimum atomic E-state index is -0.630. The van der Waals surface area contributed by atoms with Gasteiger partial charge < -0.3 is 10.5 Å². The summed E-state index contributed by atoms with van der Waals surface area (Å²) in [4.78, 5) is 20.8. The number of hydrogen-bond donors (Lipinski definition) is 1. The van der Waals surface area contributed by atoms with Crippen molar-refractivity contribution in [2.75, 3.05) is 7.11 Å². The highest BCUT2D eigenvalue weighted by Crippen LogP contribution is 1.94. The average molecular weight is 157 g/mol. The zero-order chi connectivity index (χ0) is 8.85. The molecule has 0 aliphatic heterocycles. The van der Waals surface area contributed by atoms with E-state index in [9.17, 15) is 9.59 Å². The van der Waals surface area contributed by atoms with Crippen LogP contribution in [-0.2, 0) is 14.3 Å². The second-order valence-corrected chi connectivity index (χ2v) is 1.75. The van der Waals surface area contributed by atoms with Crippen LogP contribution in [0.4, 0.5) is 0 Å². The number of rotatable bonds is 3. The number of esters is 1. The number of methoxy groups -OCH3 is 1. The van der Waals surface area contributed by atoms with Gasteiger partial charge in [0.1, 0.15) is 0 Å². The zero-order valence-electron chi connectivity index (χ0n) is 6.16. The fraction of sp³-hybridized carbons (Fsp3) is 0.143. The van der Waals surface area contributed by atoms with E-state index in [1.165, 1.54) is 13.2 Å². The third-order valence-electron chi connectivity index (χ3n) is 0.896. The van der Waals surface area contributed by atoms with Gasteiger partial charge in [0.05, 0.1) is 12.7 Å². The van der Waals surface area contributed by atoms with Crippen molar-refractivity contribution in [2.24, 2.45) is 5.73 Å². The van der Waals surface area contributed by atoms with Crippen molar-refractivity contribution in [1.82, 2.24) is 0 Å². The lowest BCUT2D eigenvalue weighted by Crippen LogP contribution is -2.07. The summed E-state index contributed by atoms with van der Waals surface area (Å²) in [5, 5.41) is 0. The van der Waals surface area contributed by atoms with Gasteiger partial charge in [-0.15, -0.1) is 0 Å². The molecule has 4 heteroatoms. The van der Waals surface area contributed by atoms with E-state index in [0.717, 1.165) is 6.08 Å². The molecule has 0 atom stereocenters. The molecule has 0 bridgehead atoms. The summed E-state index contributed by atoms with van der Waals surface area (Å²) in [7, 11) is 1.23. The Hall–Kier alpha value is -1.58. The molecule has 0 aliphatic carbocycles. The minimum absolute atomic E-state index is 0. The normalized spacial score (nSPS) is 9.55. The second kappa shape index (κ2) is 4.27. The van der Waals surface area contributed by atoms with Crippen LogP contribution < -0.4 is 5.73 Å². The maximum atomic E-state index is 10.6. The fourth-order valence-electron chi connectivity index (χ4n) is 0.382. The lowest BCUT2D eigenvalue weighted by atomic mass is 10.3. The first-order chi connectivity index (χ1) is 5.07. The van der Waals surface area contributed by atoms with Gasteiger partial charge in [0.2, 0.25) is 5.91 Å². The number of carbonyl (C=O) groups is 2. The molecule has 0 fully saturated rings. The summed E-state index contributed by atoms with van der Waals surface area (Å²) < 4.78 is 4.30. The van der Waals surface area contributed by atoms with Gasteiger partial charge in [-0.25, -0.2) is 4.79 Å². The van der Waals surface area contributed by atoms with E-state index < -0.39 is 11.9 Å². The number of primary amides is 1. The number of hydrogen-bond acceptors (Lipinski definition) is 3. The van der Waals surface area contributed by atoms with E-state index in [4.69, 9.17) is 5.73 Å². The number of carbonyl (C=O) groups excluding carboxylic acids is 2. The third kappa shape index (κ3) is 3.91. The Morgan fingerprint density at radius 1 is 1.55 bits per heavy atom. The minimum Gasteiger partial charge on any atom is -0.465 e. The van der Waals surface area contributed by atoms with Crippen LogP contribution in [0.25, 0.3) is 0 Å². The molecule has 0 aromatic carbocycles. The summed E-state index contributed by atoms with van der Waals surface area (Å²) in [6.07, 6.45) is 2.24. The van der Waals surface area contributed by atoms with E-state index in [0.29, 0.717) is 0 Å². The van der Waals surface area contributed by atoms with Gasteiger partial charge in [0.25, 0.3) is 0 Å². The molecule has 1 amide bonds. The zero-order valence-corrected chi connectivity index (χ0v) is 6.16. The molecule has 4 nitrogen and oxygen atoms in total. The molecule has 0 aliphatic rings. The summed E-state index contributed by atoms with van der Waals surface area (Å²) in [5.41, 5.74) is 4.85. The van der Waals surface area contributed by atoms with Gasteiger partial charge in [0, 0.05) is 7.50 Å². The predicted molar refractivity (Wildman–Crippen MR) is 41.6 cm³/mol. The standard InChI is InChI=1S/C7H9NO3.H2/c1-5(7(10)11-2)3-4-6(8)9;/h3-4H,1H2,2H3,(H2,8,9);1H/b4-3-;. The molecule has 0 heterocycles. The van der Waals surface area contributed by atoms with Crippen molar-refractivity contribution >= 4 is 11.9 Å². The van der Waals surface area contributed by atoms with Crippen LogP contribution in [0.2, 0.25) is 0 Å². The number of nitrogens with two attached hydrogens (primary N) is 1. The van der Waals surface area contributed by atoms with E-state index >= 15 is 0 Å². The molecule has 2 N–H and O–H groups in total. The predicted octanol–water partition coefficient (Wildman–Crippen LogP) is 0.00310. The van der Waals surface area contributed by atoms with Gasteiger partial charge >= 0.3 is 5.97 Å². The Balaban J connectivity index is 0. The van der Waals surface area contributed by atoms with Crippen molar-refractivity contribution in [2.45, 2.75) is 0 Å². The molecular formula is C7H11NO3. The molecule has 62 valence electrons. The number of amides is 1. The molecule has 0 radical (unpaired) electrons. The fourth-order valence-corrected chi connectivity index (χ4v) is 0.382. The van der Waals surface area contributed by atoms with Crippen molar-refractivity contribution in [3.05, 3.63) is 24.3 Å². The van der Waals surface area contributed by atoms with Crippen LogP contribution in [0.15, 0.2) is 24.3 Å². The summed E-state index contributed by atoms with van der Waals surface area (Å²) in [6, 6.07) is 0. The second-order valence-electron chi connectivity index (χ2n) is 1.75. The smallest absolute Gasteiger partial charge is 0.337 e. The molecule has 0 saturated carbocycles. The first-order valence-electron chi connectivity index (χ1n) is 2.82. The van der Waals surface area contributed by atoms with E-state index in [2.05, 4.69) is 11.3 Å². The van der Waals surface area contributed by atoms with E-state index in [1.54, 1.807) is 0 Å². The lowest BCUT2D eigenvalue weighted by molar-refractivity contribution is -0.135. The third-order valence-corrected chi connectivity index (χ3v) is 0.896. The summed E-state index contributed by atoms with van der Waals surface area (Å²) in [6.45, 7) is 3.33. The molecule has 0 saturated heterocycles. The Labute approximate surface area is 65.8 Å². The van der Waals surface area contributed by atoms with Crippen LogP contribution in [0.1, 0.15) is 1.43 Å². The monoisotopic (exact) mass is 157 g/mol. The quantitative estimate of drug-likeness (QED) is 0.356. The SMILES string of the molecule is C=C(/C=C\C(N)=O)C(=O)OC.[HH]. The van der Waals surface area contributed by atoms with Crippen LogP contribution in [-0.4, -0.2) is 19.0 Å². The Morgan fingerprint density at radius 2 is 2.09 bits per heavy atom. The van der Waals surface area contributed by atoms with Crippen LogP contribution in [0.5, 0.6) is 0 Å². The van der Waals surface area contributed by atoms with Crippen molar-refractivity contribution in [3.8, 4) is 0 Å². The summed E-state index contributed by atoms with van der Waals surface area (Å²) >= 11 is 0. The van der Waals surface area contributed by atoms with Gasteiger partial charge in [-0.2, -0.15) is 0 Å². The van der Waals surface area contributed by atoms with Crippen molar-refractivity contribution < 1.29 is 15.8 Å². The van der Waals surface area contributed by atoms with E-state index in [-0.39, 0.29) is 7.00 Å². The van der Waals surface area contributed by atoms with Crippen LogP contribution in [0, 0.1) is 0 Å². The maximum absolute atomic E-state index is 10.6. The topological polar surface area (TPSA) is 69.4 Å². The van der Waals surface area contributed by atoms with Crippen LogP contribution >= 0.6 is 0 Å². The molecule has 0 aromatic rings. The largest absolute Gasteiger partial charge is 0.465 e. The molecule has 0 rings (SSSR count). The summed E-state index contributed by atoms with van der Waals surface area (Å²) in [5.74, 6) is -1.21. The Kier molecular flexibility index (Phi) is 3.66. The average Bonchev–Trinajstić information content (AvgIpc) is 1.98. The maximum Gasteiger partial charge on any atom is 0.337 e. The van der Waals surface area contributed by atoms with Crippen molar-refractivity contribution in [1.29, 1.82) is 0 Å². The highest BCUT2D eigenvalue weighted by atomic mass is 16.5. The number of ether oxygens (including phenoxy) is 1.